The lowest BCUT2D eigenvalue weighted by atomic mass is 10.1. The maximum atomic E-state index is 12.2. The Morgan fingerprint density at radius 1 is 0.714 bits per heavy atom. The Hall–Kier alpha value is -4.66. The first kappa shape index (κ1) is 25.0. The highest BCUT2D eigenvalue weighted by atomic mass is 16.5. The number of methoxy groups -OCH3 is 1. The first-order chi connectivity index (χ1) is 16.8. The van der Waals surface area contributed by atoms with E-state index in [1.165, 1.54) is 38.3 Å². The maximum Gasteiger partial charge on any atom is 0.338 e. The highest BCUT2D eigenvalue weighted by Crippen LogP contribution is 2.17. The van der Waals surface area contributed by atoms with Crippen LogP contribution in [-0.2, 0) is 14.3 Å². The first-order valence-electron chi connectivity index (χ1n) is 10.6. The summed E-state index contributed by atoms with van der Waals surface area (Å²) in [6, 6.07) is 19.3. The van der Waals surface area contributed by atoms with Crippen LogP contribution in [0.25, 0.3) is 0 Å². The van der Waals surface area contributed by atoms with E-state index in [2.05, 4.69) is 10.6 Å². The normalized spacial score (nSPS) is 10.1. The Balaban J connectivity index is 1.42. The first-order valence-corrected chi connectivity index (χ1v) is 10.6. The van der Waals surface area contributed by atoms with Gasteiger partial charge in [-0.15, -0.1) is 0 Å². The van der Waals surface area contributed by atoms with Gasteiger partial charge in [-0.05, 0) is 67.6 Å². The van der Waals surface area contributed by atoms with Crippen molar-refractivity contribution in [1.29, 1.82) is 0 Å². The Kier molecular flexibility index (Phi) is 8.55. The Morgan fingerprint density at radius 3 is 2.00 bits per heavy atom. The van der Waals surface area contributed by atoms with Crippen molar-refractivity contribution in [2.75, 3.05) is 31.0 Å². The average molecular weight is 476 g/mol. The molecule has 180 valence electrons. The number of esters is 1. The van der Waals surface area contributed by atoms with Gasteiger partial charge in [0.1, 0.15) is 11.5 Å². The molecule has 0 fully saturated rings. The summed E-state index contributed by atoms with van der Waals surface area (Å²) in [6.45, 7) is 0.747. The van der Waals surface area contributed by atoms with Gasteiger partial charge in [0.25, 0.3) is 11.8 Å². The van der Waals surface area contributed by atoms with Gasteiger partial charge >= 0.3 is 5.97 Å². The van der Waals surface area contributed by atoms with Gasteiger partial charge in [0, 0.05) is 23.0 Å². The Labute approximate surface area is 202 Å². The number of hydrogen-bond donors (Lipinski definition) is 2. The lowest BCUT2D eigenvalue weighted by Gasteiger charge is -2.09. The van der Waals surface area contributed by atoms with Crippen molar-refractivity contribution < 1.29 is 33.4 Å². The predicted molar refractivity (Wildman–Crippen MR) is 129 cm³/mol. The smallest absolute Gasteiger partial charge is 0.338 e. The van der Waals surface area contributed by atoms with E-state index in [0.717, 1.165) is 0 Å². The molecule has 0 saturated heterocycles. The minimum atomic E-state index is -0.686. The largest absolute Gasteiger partial charge is 0.497 e. The summed E-state index contributed by atoms with van der Waals surface area (Å²) < 4.78 is 15.6. The standard InChI is InChI=1S/C26H24N2O7/c1-17(29)18-6-10-20(11-7-18)27-25(31)16-35-26(32)19-8-12-22(13-9-19)34-15-24(30)28-21-4-3-5-23(14-21)33-2/h3-14H,15-16H2,1-2H3,(H,27,31)(H,28,30). The number of nitrogens with one attached hydrogen (secondary N) is 2. The van der Waals surface area contributed by atoms with Crippen molar-refractivity contribution in [3.63, 3.8) is 0 Å². The van der Waals surface area contributed by atoms with E-state index >= 15 is 0 Å². The molecule has 2 N–H and O–H groups in total. The molecule has 0 radical (unpaired) electrons. The van der Waals surface area contributed by atoms with Crippen LogP contribution in [0.5, 0.6) is 11.5 Å². The van der Waals surface area contributed by atoms with E-state index in [1.807, 2.05) is 0 Å². The van der Waals surface area contributed by atoms with Gasteiger partial charge < -0.3 is 24.8 Å². The fraction of sp³-hybridized carbons (Fsp3) is 0.154. The van der Waals surface area contributed by atoms with Crippen molar-refractivity contribution in [3.8, 4) is 11.5 Å². The van der Waals surface area contributed by atoms with E-state index < -0.39 is 18.5 Å². The molecule has 0 saturated carbocycles. The van der Waals surface area contributed by atoms with Gasteiger partial charge in [0.15, 0.2) is 19.0 Å². The predicted octanol–water partition coefficient (Wildman–Crippen LogP) is 3.71. The summed E-state index contributed by atoms with van der Waals surface area (Å²) in [7, 11) is 1.54. The number of benzene rings is 3. The maximum absolute atomic E-state index is 12.2. The van der Waals surface area contributed by atoms with Crippen molar-refractivity contribution >= 4 is 34.9 Å². The van der Waals surface area contributed by atoms with Gasteiger partial charge in [-0.25, -0.2) is 4.79 Å². The molecule has 3 aromatic carbocycles. The van der Waals surface area contributed by atoms with E-state index in [4.69, 9.17) is 14.2 Å². The number of Topliss-reactive ketones (excluding diaryl/α,β-unsaturated/α-hetero) is 1. The van der Waals surface area contributed by atoms with Gasteiger partial charge in [0.05, 0.1) is 12.7 Å². The number of hydrogen-bond acceptors (Lipinski definition) is 7. The van der Waals surface area contributed by atoms with Crippen LogP contribution in [0.3, 0.4) is 0 Å². The number of ketones is 1. The molecule has 0 aliphatic rings. The van der Waals surface area contributed by atoms with Gasteiger partial charge in [0.2, 0.25) is 0 Å². The van der Waals surface area contributed by atoms with E-state index in [9.17, 15) is 19.2 Å². The molecule has 0 bridgehead atoms. The lowest BCUT2D eigenvalue weighted by Crippen LogP contribution is -2.21. The van der Waals surface area contributed by atoms with Crippen LogP contribution >= 0.6 is 0 Å². The molecule has 3 rings (SSSR count). The van der Waals surface area contributed by atoms with E-state index in [-0.39, 0.29) is 23.9 Å². The zero-order chi connectivity index (χ0) is 25.2. The lowest BCUT2D eigenvalue weighted by molar-refractivity contribution is -0.119. The van der Waals surface area contributed by atoms with Gasteiger partial charge in [-0.2, -0.15) is 0 Å². The highest BCUT2D eigenvalue weighted by Gasteiger charge is 2.12. The molecule has 0 aliphatic heterocycles. The third kappa shape index (κ3) is 7.71. The monoisotopic (exact) mass is 476 g/mol. The highest BCUT2D eigenvalue weighted by molar-refractivity contribution is 5.97. The second kappa shape index (κ2) is 12.0. The summed E-state index contributed by atoms with van der Waals surface area (Å²) in [4.78, 5) is 47.6. The molecule has 9 heteroatoms. The van der Waals surface area contributed by atoms with Crippen LogP contribution in [0.1, 0.15) is 27.6 Å². The summed E-state index contributed by atoms with van der Waals surface area (Å²) >= 11 is 0. The summed E-state index contributed by atoms with van der Waals surface area (Å²) in [5.41, 5.74) is 1.80. The topological polar surface area (TPSA) is 120 Å². The molecule has 0 atom stereocenters. The van der Waals surface area contributed by atoms with Crippen molar-refractivity contribution in [2.24, 2.45) is 0 Å². The molecule has 0 unspecified atom stereocenters. The van der Waals surface area contributed by atoms with Crippen molar-refractivity contribution in [1.82, 2.24) is 0 Å². The number of ether oxygens (including phenoxy) is 3. The zero-order valence-corrected chi connectivity index (χ0v) is 19.2. The quantitative estimate of drug-likeness (QED) is 0.338. The molecule has 35 heavy (non-hydrogen) atoms. The molecule has 0 aromatic heterocycles. The number of amides is 2. The van der Waals surface area contributed by atoms with Crippen LogP contribution in [0.15, 0.2) is 72.8 Å². The molecule has 2 amide bonds. The Bertz CT molecular complexity index is 1210. The van der Waals surface area contributed by atoms with Gasteiger partial charge in [-0.3, -0.25) is 14.4 Å². The summed E-state index contributed by atoms with van der Waals surface area (Å²) in [5.74, 6) is -0.639. The van der Waals surface area contributed by atoms with E-state index in [0.29, 0.717) is 28.4 Å². The number of carbonyl (C=O) groups excluding carboxylic acids is 4. The van der Waals surface area contributed by atoms with Crippen LogP contribution in [0.2, 0.25) is 0 Å². The summed E-state index contributed by atoms with van der Waals surface area (Å²) in [5, 5.41) is 5.28. The minimum Gasteiger partial charge on any atom is -0.497 e. The van der Waals surface area contributed by atoms with Crippen LogP contribution < -0.4 is 20.1 Å². The number of carbonyl (C=O) groups is 4. The molecule has 9 nitrogen and oxygen atoms in total. The fourth-order valence-corrected chi connectivity index (χ4v) is 2.93. The Morgan fingerprint density at radius 2 is 1.34 bits per heavy atom. The zero-order valence-electron chi connectivity index (χ0n) is 19.2. The molecule has 3 aromatic rings. The molecule has 0 heterocycles. The van der Waals surface area contributed by atoms with Crippen molar-refractivity contribution in [2.45, 2.75) is 6.92 Å². The number of anilines is 2. The average Bonchev–Trinajstić information content (AvgIpc) is 2.86. The SMILES string of the molecule is COc1cccc(NC(=O)COc2ccc(C(=O)OCC(=O)Nc3ccc(C(C)=O)cc3)cc2)c1. The minimum absolute atomic E-state index is 0.0790. The second-order valence-corrected chi connectivity index (χ2v) is 7.35. The van der Waals surface area contributed by atoms with Crippen LogP contribution in [0, 0.1) is 0 Å². The molecular formula is C26H24N2O7. The van der Waals surface area contributed by atoms with Crippen LogP contribution in [0.4, 0.5) is 11.4 Å². The van der Waals surface area contributed by atoms with Crippen LogP contribution in [-0.4, -0.2) is 43.9 Å². The van der Waals surface area contributed by atoms with Gasteiger partial charge in [-0.1, -0.05) is 6.07 Å². The van der Waals surface area contributed by atoms with Crippen molar-refractivity contribution in [3.05, 3.63) is 83.9 Å². The molecule has 0 aliphatic carbocycles. The molecule has 0 spiro atoms. The molecular weight excluding hydrogens is 452 g/mol. The van der Waals surface area contributed by atoms with E-state index in [1.54, 1.807) is 48.5 Å². The number of rotatable bonds is 10. The second-order valence-electron chi connectivity index (χ2n) is 7.35. The third-order valence-electron chi connectivity index (χ3n) is 4.72. The fourth-order valence-electron chi connectivity index (χ4n) is 2.93. The summed E-state index contributed by atoms with van der Waals surface area (Å²) in [6.07, 6.45) is 0. The third-order valence-corrected chi connectivity index (χ3v) is 4.72.